The topological polar surface area (TPSA) is 41.1 Å². The van der Waals surface area contributed by atoms with E-state index in [2.05, 4.69) is 48.9 Å². The highest BCUT2D eigenvalue weighted by molar-refractivity contribution is 7.10. The lowest BCUT2D eigenvalue weighted by Gasteiger charge is -2.31. The molecule has 1 aromatic heterocycles. The lowest BCUT2D eigenvalue weighted by Crippen LogP contribution is -2.41. The molecule has 1 aromatic rings. The summed E-state index contributed by atoms with van der Waals surface area (Å²) in [4.78, 5) is 13.4. The number of amides is 1. The molecule has 124 valence electrons. The second-order valence-corrected chi connectivity index (χ2v) is 8.48. The Morgan fingerprint density at radius 2 is 2.05 bits per heavy atom. The van der Waals surface area contributed by atoms with Crippen molar-refractivity contribution in [1.82, 2.24) is 10.6 Å². The highest BCUT2D eigenvalue weighted by Crippen LogP contribution is 2.34. The van der Waals surface area contributed by atoms with Crippen LogP contribution in [0.4, 0.5) is 0 Å². The Bertz CT molecular complexity index is 444. The normalized spacial score (nSPS) is 18.1. The van der Waals surface area contributed by atoms with Gasteiger partial charge < -0.3 is 10.6 Å². The number of hydrogen-bond acceptors (Lipinski definition) is 3. The zero-order chi connectivity index (χ0) is 16.0. The van der Waals surface area contributed by atoms with Crippen LogP contribution in [0.1, 0.15) is 63.8 Å². The van der Waals surface area contributed by atoms with Crippen LogP contribution in [0.3, 0.4) is 0 Å². The fourth-order valence-electron chi connectivity index (χ4n) is 3.20. The average Bonchev–Trinajstić information content (AvgIpc) is 2.99. The van der Waals surface area contributed by atoms with Crippen molar-refractivity contribution in [1.29, 1.82) is 0 Å². The van der Waals surface area contributed by atoms with Gasteiger partial charge in [-0.05, 0) is 35.6 Å². The van der Waals surface area contributed by atoms with Crippen LogP contribution in [-0.4, -0.2) is 19.0 Å². The molecular formula is C18H30N2OS. The number of rotatable bonds is 6. The van der Waals surface area contributed by atoms with E-state index in [1.54, 1.807) is 11.3 Å². The maximum Gasteiger partial charge on any atom is 0.233 e. The molecule has 1 fully saturated rings. The number of carbonyl (C=O) groups excluding carboxylic acids is 1. The Labute approximate surface area is 138 Å². The van der Waals surface area contributed by atoms with Gasteiger partial charge in [0, 0.05) is 17.5 Å². The van der Waals surface area contributed by atoms with Gasteiger partial charge in [-0.3, -0.25) is 4.79 Å². The average molecular weight is 323 g/mol. The third-order valence-electron chi connectivity index (χ3n) is 4.47. The summed E-state index contributed by atoms with van der Waals surface area (Å²) < 4.78 is 0. The molecule has 0 aliphatic heterocycles. The van der Waals surface area contributed by atoms with Crippen LogP contribution in [0.25, 0.3) is 0 Å². The Kier molecular flexibility index (Phi) is 6.45. The minimum absolute atomic E-state index is 0.0918. The Morgan fingerprint density at radius 1 is 1.32 bits per heavy atom. The van der Waals surface area contributed by atoms with Crippen LogP contribution < -0.4 is 10.6 Å². The zero-order valence-corrected chi connectivity index (χ0v) is 15.0. The lowest BCUT2D eigenvalue weighted by molar-refractivity contribution is -0.120. The van der Waals surface area contributed by atoms with Crippen LogP contribution in [0.2, 0.25) is 0 Å². The molecule has 0 spiro atoms. The van der Waals surface area contributed by atoms with Gasteiger partial charge in [0.25, 0.3) is 0 Å². The van der Waals surface area contributed by atoms with Crippen molar-refractivity contribution in [2.45, 2.75) is 58.9 Å². The molecule has 0 radical (unpaired) electrons. The molecule has 1 atom stereocenters. The molecule has 3 nitrogen and oxygen atoms in total. The largest absolute Gasteiger partial charge is 0.355 e. The van der Waals surface area contributed by atoms with E-state index in [0.717, 1.165) is 6.54 Å². The minimum Gasteiger partial charge on any atom is -0.355 e. The van der Waals surface area contributed by atoms with Crippen molar-refractivity contribution < 1.29 is 4.79 Å². The van der Waals surface area contributed by atoms with Crippen LogP contribution >= 0.6 is 11.3 Å². The summed E-state index contributed by atoms with van der Waals surface area (Å²) in [5.74, 6) is 0.810. The number of hydrogen-bond donors (Lipinski definition) is 2. The molecule has 2 rings (SSSR count). The van der Waals surface area contributed by atoms with Gasteiger partial charge in [0.2, 0.25) is 5.91 Å². The maximum absolute atomic E-state index is 12.1. The summed E-state index contributed by atoms with van der Waals surface area (Å²) >= 11 is 1.75. The van der Waals surface area contributed by atoms with E-state index in [4.69, 9.17) is 0 Å². The summed E-state index contributed by atoms with van der Waals surface area (Å²) in [6, 6.07) is 4.44. The van der Waals surface area contributed by atoms with Gasteiger partial charge in [0.15, 0.2) is 0 Å². The highest BCUT2D eigenvalue weighted by Gasteiger charge is 2.27. The second-order valence-electron chi connectivity index (χ2n) is 7.50. The Balaban J connectivity index is 1.78. The molecule has 1 saturated carbocycles. The standard InChI is InChI=1S/C18H30N2OS/c1-18(2,3)17(15-10-7-11-22-15)20-13-16(21)19-12-14-8-5-4-6-9-14/h7,10-11,14,17,20H,4-6,8-9,12-13H2,1-3H3,(H,19,21). The van der Waals surface area contributed by atoms with E-state index in [1.165, 1.54) is 37.0 Å². The molecule has 1 heterocycles. The van der Waals surface area contributed by atoms with Crippen LogP contribution in [0.15, 0.2) is 17.5 Å². The summed E-state index contributed by atoms with van der Waals surface area (Å²) in [5.41, 5.74) is 0.0918. The fourth-order valence-corrected chi connectivity index (χ4v) is 4.24. The first kappa shape index (κ1) is 17.5. The van der Waals surface area contributed by atoms with Gasteiger partial charge in [-0.25, -0.2) is 0 Å². The first-order valence-electron chi connectivity index (χ1n) is 8.50. The van der Waals surface area contributed by atoms with Gasteiger partial charge in [-0.15, -0.1) is 11.3 Å². The summed E-state index contributed by atoms with van der Waals surface area (Å²) in [7, 11) is 0. The van der Waals surface area contributed by atoms with Gasteiger partial charge in [-0.1, -0.05) is 46.1 Å². The van der Waals surface area contributed by atoms with Gasteiger partial charge in [0.1, 0.15) is 0 Å². The maximum atomic E-state index is 12.1. The Hall–Kier alpha value is -0.870. The summed E-state index contributed by atoms with van der Waals surface area (Å²) in [5, 5.41) is 8.65. The molecule has 1 aliphatic rings. The predicted octanol–water partition coefficient (Wildman–Crippen LogP) is 4.12. The molecule has 0 saturated heterocycles. The van der Waals surface area contributed by atoms with E-state index in [-0.39, 0.29) is 17.4 Å². The molecule has 1 unspecified atom stereocenters. The van der Waals surface area contributed by atoms with Crippen molar-refractivity contribution in [3.05, 3.63) is 22.4 Å². The number of thiophene rings is 1. The molecule has 0 aromatic carbocycles. The molecule has 0 bridgehead atoms. The van der Waals surface area contributed by atoms with E-state index in [0.29, 0.717) is 12.5 Å². The zero-order valence-electron chi connectivity index (χ0n) is 14.2. The molecule has 4 heteroatoms. The number of carbonyl (C=O) groups is 1. The van der Waals surface area contributed by atoms with Crippen LogP contribution in [0, 0.1) is 11.3 Å². The van der Waals surface area contributed by atoms with E-state index >= 15 is 0 Å². The quantitative estimate of drug-likeness (QED) is 0.827. The smallest absolute Gasteiger partial charge is 0.233 e. The highest BCUT2D eigenvalue weighted by atomic mass is 32.1. The fraction of sp³-hybridized carbons (Fsp3) is 0.722. The van der Waals surface area contributed by atoms with Crippen molar-refractivity contribution >= 4 is 17.2 Å². The van der Waals surface area contributed by atoms with Gasteiger partial charge >= 0.3 is 0 Å². The first-order chi connectivity index (χ1) is 10.5. The molecule has 2 N–H and O–H groups in total. The monoisotopic (exact) mass is 322 g/mol. The predicted molar refractivity (Wildman–Crippen MR) is 94.1 cm³/mol. The van der Waals surface area contributed by atoms with Gasteiger partial charge in [-0.2, -0.15) is 0 Å². The first-order valence-corrected chi connectivity index (χ1v) is 9.38. The molecular weight excluding hydrogens is 292 g/mol. The molecule has 22 heavy (non-hydrogen) atoms. The van der Waals surface area contributed by atoms with Crippen molar-refractivity contribution in [3.8, 4) is 0 Å². The van der Waals surface area contributed by atoms with E-state index < -0.39 is 0 Å². The van der Waals surface area contributed by atoms with Crippen molar-refractivity contribution in [2.75, 3.05) is 13.1 Å². The second kappa shape index (κ2) is 8.11. The number of nitrogens with one attached hydrogen (secondary N) is 2. The van der Waals surface area contributed by atoms with Crippen molar-refractivity contribution in [3.63, 3.8) is 0 Å². The van der Waals surface area contributed by atoms with Crippen LogP contribution in [-0.2, 0) is 4.79 Å². The summed E-state index contributed by atoms with van der Waals surface area (Å²) in [6.07, 6.45) is 6.55. The SMILES string of the molecule is CC(C)(C)C(NCC(=O)NCC1CCCCC1)c1cccs1. The van der Waals surface area contributed by atoms with Crippen LogP contribution in [0.5, 0.6) is 0 Å². The lowest BCUT2D eigenvalue weighted by atomic mass is 9.86. The summed E-state index contributed by atoms with van der Waals surface area (Å²) in [6.45, 7) is 7.88. The van der Waals surface area contributed by atoms with Crippen molar-refractivity contribution in [2.24, 2.45) is 11.3 Å². The Morgan fingerprint density at radius 3 is 2.64 bits per heavy atom. The van der Waals surface area contributed by atoms with E-state index in [9.17, 15) is 4.79 Å². The minimum atomic E-state index is 0.0918. The molecule has 1 aliphatic carbocycles. The van der Waals surface area contributed by atoms with E-state index in [1.807, 2.05) is 0 Å². The molecule has 1 amide bonds. The third-order valence-corrected chi connectivity index (χ3v) is 5.41. The van der Waals surface area contributed by atoms with Gasteiger partial charge in [0.05, 0.1) is 6.54 Å². The third kappa shape index (κ3) is 5.40.